The van der Waals surface area contributed by atoms with Gasteiger partial charge < -0.3 is 19.3 Å². The van der Waals surface area contributed by atoms with E-state index in [0.717, 1.165) is 11.3 Å². The number of aryl methyl sites for hydroxylation is 2. The van der Waals surface area contributed by atoms with Gasteiger partial charge in [-0.3, -0.25) is 14.5 Å². The molecule has 1 aliphatic heterocycles. The fraction of sp³-hybridized carbons (Fsp3) is 0.259. The molecule has 0 aliphatic carbocycles. The number of esters is 1. The van der Waals surface area contributed by atoms with Crippen LogP contribution in [-0.4, -0.2) is 48.6 Å². The Morgan fingerprint density at radius 3 is 2.49 bits per heavy atom. The van der Waals surface area contributed by atoms with Crippen LogP contribution in [0.25, 0.3) is 5.76 Å². The summed E-state index contributed by atoms with van der Waals surface area (Å²) in [6, 6.07) is 10.9. The predicted octanol–water partition coefficient (Wildman–Crippen LogP) is 4.58. The van der Waals surface area contributed by atoms with Gasteiger partial charge in [0.15, 0.2) is 5.13 Å². The van der Waals surface area contributed by atoms with Crippen molar-refractivity contribution in [3.8, 4) is 11.5 Å². The first-order valence-corrected chi connectivity index (χ1v) is 12.3. The van der Waals surface area contributed by atoms with Gasteiger partial charge in [-0.25, -0.2) is 9.78 Å². The van der Waals surface area contributed by atoms with Crippen LogP contribution in [0.1, 0.15) is 45.0 Å². The highest BCUT2D eigenvalue weighted by Crippen LogP contribution is 2.46. The zero-order valence-electron chi connectivity index (χ0n) is 21.0. The molecule has 1 amide bonds. The number of hydrogen-bond acceptors (Lipinski definition) is 9. The smallest absolute Gasteiger partial charge is 0.350 e. The van der Waals surface area contributed by atoms with Crippen LogP contribution in [0.2, 0.25) is 0 Å². The van der Waals surface area contributed by atoms with Gasteiger partial charge in [-0.2, -0.15) is 0 Å². The molecular weight excluding hydrogens is 496 g/mol. The second kappa shape index (κ2) is 10.4. The third kappa shape index (κ3) is 4.55. The van der Waals surface area contributed by atoms with Crippen molar-refractivity contribution in [2.24, 2.45) is 0 Å². The van der Waals surface area contributed by atoms with E-state index in [-0.39, 0.29) is 27.9 Å². The number of ether oxygens (including phenoxy) is 3. The van der Waals surface area contributed by atoms with Crippen LogP contribution in [0.15, 0.2) is 48.0 Å². The molecule has 0 spiro atoms. The summed E-state index contributed by atoms with van der Waals surface area (Å²) in [5.41, 5.74) is 1.75. The Kier molecular flexibility index (Phi) is 7.30. The van der Waals surface area contributed by atoms with Gasteiger partial charge in [0.1, 0.15) is 28.2 Å². The zero-order chi connectivity index (χ0) is 26.9. The molecule has 1 N–H and O–H groups in total. The second-order valence-electron chi connectivity index (χ2n) is 8.22. The molecule has 0 saturated carbocycles. The highest BCUT2D eigenvalue weighted by molar-refractivity contribution is 7.17. The summed E-state index contributed by atoms with van der Waals surface area (Å²) in [4.78, 5) is 45.2. The fourth-order valence-electron chi connectivity index (χ4n) is 4.26. The van der Waals surface area contributed by atoms with Gasteiger partial charge in [0.05, 0.1) is 32.1 Å². The topological polar surface area (TPSA) is 115 Å². The Morgan fingerprint density at radius 2 is 1.84 bits per heavy atom. The number of benzene rings is 2. The van der Waals surface area contributed by atoms with Crippen LogP contribution in [0.4, 0.5) is 5.13 Å². The van der Waals surface area contributed by atoms with Gasteiger partial charge >= 0.3 is 11.9 Å². The van der Waals surface area contributed by atoms with Gasteiger partial charge in [-0.1, -0.05) is 29.5 Å². The number of ketones is 1. The number of thiazole rings is 1. The number of aliphatic hydroxyl groups is 1. The Morgan fingerprint density at radius 1 is 1.11 bits per heavy atom. The highest BCUT2D eigenvalue weighted by atomic mass is 32.1. The molecule has 2 heterocycles. The van der Waals surface area contributed by atoms with Crippen LogP contribution in [0, 0.1) is 13.8 Å². The molecule has 1 fully saturated rings. The first-order valence-electron chi connectivity index (χ1n) is 11.5. The maximum atomic E-state index is 13.5. The van der Waals surface area contributed by atoms with Crippen LogP contribution in [0.3, 0.4) is 0 Å². The minimum Gasteiger partial charge on any atom is -0.507 e. The molecular formula is C27H26N2O7S. The predicted molar refractivity (Wildman–Crippen MR) is 138 cm³/mol. The van der Waals surface area contributed by atoms with E-state index in [2.05, 4.69) is 4.98 Å². The summed E-state index contributed by atoms with van der Waals surface area (Å²) in [5, 5.41) is 11.6. The molecule has 0 radical (unpaired) electrons. The zero-order valence-corrected chi connectivity index (χ0v) is 21.8. The lowest BCUT2D eigenvalue weighted by Gasteiger charge is -2.24. The normalized spacial score (nSPS) is 16.7. The van der Waals surface area contributed by atoms with Crippen LogP contribution < -0.4 is 14.4 Å². The lowest BCUT2D eigenvalue weighted by molar-refractivity contribution is -0.132. The second-order valence-corrected chi connectivity index (χ2v) is 9.20. The van der Waals surface area contributed by atoms with Crippen molar-refractivity contribution in [1.29, 1.82) is 0 Å². The van der Waals surface area contributed by atoms with E-state index in [1.807, 2.05) is 0 Å². The SMILES string of the molecule is CCOC(=O)c1sc(N2C(=O)C(=O)/C(=C(/O)c3ccc(OC)cc3C)[C@H]2c2ccccc2OC)nc1C. The molecule has 10 heteroatoms. The molecule has 1 saturated heterocycles. The summed E-state index contributed by atoms with van der Waals surface area (Å²) >= 11 is 0.946. The number of methoxy groups -OCH3 is 2. The molecule has 4 rings (SSSR count). The molecule has 1 atom stereocenters. The number of Topliss-reactive ketones (excluding diaryl/α,β-unsaturated/α-hetero) is 1. The summed E-state index contributed by atoms with van der Waals surface area (Å²) in [7, 11) is 3.01. The van der Waals surface area contributed by atoms with Crippen LogP contribution in [0.5, 0.6) is 11.5 Å². The van der Waals surface area contributed by atoms with Crippen molar-refractivity contribution >= 4 is 39.9 Å². The minimum absolute atomic E-state index is 0.117. The number of carbonyl (C=O) groups is 3. The van der Waals surface area contributed by atoms with E-state index in [9.17, 15) is 19.5 Å². The Labute approximate surface area is 217 Å². The molecule has 3 aromatic rings. The van der Waals surface area contributed by atoms with Gasteiger partial charge in [0, 0.05) is 11.1 Å². The first-order chi connectivity index (χ1) is 17.7. The van der Waals surface area contributed by atoms with Gasteiger partial charge in [-0.15, -0.1) is 0 Å². The van der Waals surface area contributed by atoms with Crippen molar-refractivity contribution in [1.82, 2.24) is 4.98 Å². The first kappa shape index (κ1) is 25.9. The average molecular weight is 523 g/mol. The monoisotopic (exact) mass is 522 g/mol. The van der Waals surface area contributed by atoms with Gasteiger partial charge in [0.2, 0.25) is 0 Å². The molecule has 9 nitrogen and oxygen atoms in total. The summed E-state index contributed by atoms with van der Waals surface area (Å²) in [5.74, 6) is -1.67. The van der Waals surface area contributed by atoms with E-state index in [1.54, 1.807) is 63.2 Å². The molecule has 37 heavy (non-hydrogen) atoms. The summed E-state index contributed by atoms with van der Waals surface area (Å²) in [6.45, 7) is 5.26. The van der Waals surface area contributed by atoms with E-state index in [1.165, 1.54) is 19.1 Å². The van der Waals surface area contributed by atoms with E-state index < -0.39 is 23.7 Å². The Hall–Kier alpha value is -4.18. The number of aromatic nitrogens is 1. The maximum Gasteiger partial charge on any atom is 0.350 e. The number of amides is 1. The number of rotatable bonds is 7. The highest BCUT2D eigenvalue weighted by Gasteiger charge is 2.49. The van der Waals surface area contributed by atoms with Crippen LogP contribution in [-0.2, 0) is 14.3 Å². The third-order valence-corrected chi connectivity index (χ3v) is 7.16. The third-order valence-electron chi connectivity index (χ3n) is 6.02. The molecule has 1 aromatic heterocycles. The Balaban J connectivity index is 1.96. The fourth-order valence-corrected chi connectivity index (χ4v) is 5.25. The van der Waals surface area contributed by atoms with Gasteiger partial charge in [-0.05, 0) is 50.6 Å². The molecule has 1 aliphatic rings. The van der Waals surface area contributed by atoms with Crippen LogP contribution >= 0.6 is 11.3 Å². The number of nitrogens with zero attached hydrogens (tertiary/aromatic N) is 2. The summed E-state index contributed by atoms with van der Waals surface area (Å²) < 4.78 is 15.9. The van der Waals surface area contributed by atoms with E-state index in [0.29, 0.717) is 33.9 Å². The number of para-hydroxylation sites is 1. The number of hydrogen-bond donors (Lipinski definition) is 1. The summed E-state index contributed by atoms with van der Waals surface area (Å²) in [6.07, 6.45) is 0. The minimum atomic E-state index is -1.06. The molecule has 2 aromatic carbocycles. The van der Waals surface area contributed by atoms with E-state index in [4.69, 9.17) is 14.2 Å². The van der Waals surface area contributed by atoms with Crippen molar-refractivity contribution in [2.45, 2.75) is 26.8 Å². The lowest BCUT2D eigenvalue weighted by Crippen LogP contribution is -2.29. The van der Waals surface area contributed by atoms with Crippen molar-refractivity contribution in [3.05, 3.63) is 75.3 Å². The number of aliphatic hydroxyl groups excluding tert-OH is 1. The maximum absolute atomic E-state index is 13.5. The standard InChI is InChI=1S/C27H26N2O7S/c1-6-36-26(33)24-15(3)28-27(37-24)29-21(18-9-7-8-10-19(18)35-5)20(23(31)25(29)32)22(30)17-12-11-16(34-4)13-14(17)2/h7-13,21,30H,6H2,1-5H3/b22-20+/t21-/m1/s1. The lowest BCUT2D eigenvalue weighted by atomic mass is 9.93. The van der Waals surface area contributed by atoms with Crippen molar-refractivity contribution in [3.63, 3.8) is 0 Å². The Bertz CT molecular complexity index is 1430. The number of anilines is 1. The number of carbonyl (C=O) groups excluding carboxylic acids is 3. The average Bonchev–Trinajstić information content (AvgIpc) is 3.40. The molecule has 0 bridgehead atoms. The van der Waals surface area contributed by atoms with Crippen molar-refractivity contribution < 1.29 is 33.7 Å². The molecule has 192 valence electrons. The van der Waals surface area contributed by atoms with Crippen molar-refractivity contribution in [2.75, 3.05) is 25.7 Å². The largest absolute Gasteiger partial charge is 0.507 e. The van der Waals surface area contributed by atoms with E-state index >= 15 is 0 Å². The van der Waals surface area contributed by atoms with Gasteiger partial charge in [0.25, 0.3) is 5.78 Å². The quantitative estimate of drug-likeness (QED) is 0.208. The molecule has 0 unspecified atom stereocenters.